The molecule has 0 radical (unpaired) electrons. The van der Waals surface area contributed by atoms with Gasteiger partial charge >= 0.3 is 5.97 Å². The highest BCUT2D eigenvalue weighted by atomic mass is 16.5. The Morgan fingerprint density at radius 2 is 1.89 bits per heavy atom. The van der Waals surface area contributed by atoms with Gasteiger partial charge in [-0.1, -0.05) is 30.3 Å². The molecule has 0 unspecified atom stereocenters. The summed E-state index contributed by atoms with van der Waals surface area (Å²) in [6, 6.07) is 17.0. The molecule has 0 saturated carbocycles. The number of esters is 1. The zero-order valence-corrected chi connectivity index (χ0v) is 14.7. The molecule has 1 aromatic heterocycles. The summed E-state index contributed by atoms with van der Waals surface area (Å²) in [7, 11) is 1.28. The predicted octanol–water partition coefficient (Wildman–Crippen LogP) is 2.62. The van der Waals surface area contributed by atoms with Crippen LogP contribution in [-0.2, 0) is 16.0 Å². The molecule has 0 aliphatic heterocycles. The summed E-state index contributed by atoms with van der Waals surface area (Å²) in [4.78, 5) is 29.2. The fraction of sp³-hybridized carbons (Fsp3) is 0.143. The first kappa shape index (κ1) is 18.1. The number of rotatable bonds is 5. The Morgan fingerprint density at radius 1 is 1.15 bits per heavy atom. The maximum Gasteiger partial charge on any atom is 0.328 e. The lowest BCUT2D eigenvalue weighted by molar-refractivity contribution is -0.142. The number of carbonyl (C=O) groups excluding carboxylic acids is 2. The van der Waals surface area contributed by atoms with Gasteiger partial charge in [0.2, 0.25) is 0 Å². The Hall–Kier alpha value is -3.72. The van der Waals surface area contributed by atoms with Crippen LogP contribution in [0.15, 0.2) is 60.8 Å². The van der Waals surface area contributed by atoms with E-state index in [9.17, 15) is 9.59 Å². The van der Waals surface area contributed by atoms with Crippen LogP contribution in [0.5, 0.6) is 0 Å². The SMILES string of the molecule is COC(=O)[C@@H](Cc1ccc(C#N)cc1)NC(=O)c1ccnc2ccccc12. The van der Waals surface area contributed by atoms with E-state index in [0.717, 1.165) is 5.56 Å². The quantitative estimate of drug-likeness (QED) is 0.707. The number of pyridine rings is 1. The summed E-state index contributed by atoms with van der Waals surface area (Å²) < 4.78 is 4.84. The Balaban J connectivity index is 1.84. The third-order valence-corrected chi connectivity index (χ3v) is 4.21. The monoisotopic (exact) mass is 359 g/mol. The number of nitriles is 1. The van der Waals surface area contributed by atoms with Crippen LogP contribution in [0.3, 0.4) is 0 Å². The van der Waals surface area contributed by atoms with Crippen molar-refractivity contribution in [1.29, 1.82) is 5.26 Å². The molecule has 2 aromatic carbocycles. The van der Waals surface area contributed by atoms with Crippen LogP contribution in [0.4, 0.5) is 0 Å². The number of aromatic nitrogens is 1. The summed E-state index contributed by atoms with van der Waals surface area (Å²) in [5.41, 5.74) is 2.48. The van der Waals surface area contributed by atoms with Gasteiger partial charge in [-0.15, -0.1) is 0 Å². The summed E-state index contributed by atoms with van der Waals surface area (Å²) in [5.74, 6) is -0.913. The van der Waals surface area contributed by atoms with Crippen molar-refractivity contribution in [2.45, 2.75) is 12.5 Å². The van der Waals surface area contributed by atoms with Crippen molar-refractivity contribution in [3.05, 3.63) is 77.5 Å². The molecule has 1 amide bonds. The molecular formula is C21H17N3O3. The fourth-order valence-electron chi connectivity index (χ4n) is 2.82. The van der Waals surface area contributed by atoms with Gasteiger partial charge in [0.25, 0.3) is 5.91 Å². The van der Waals surface area contributed by atoms with Gasteiger partial charge in [0, 0.05) is 18.0 Å². The number of para-hydroxylation sites is 1. The van der Waals surface area contributed by atoms with E-state index in [1.54, 1.807) is 36.5 Å². The van der Waals surface area contributed by atoms with E-state index in [4.69, 9.17) is 10.00 Å². The predicted molar refractivity (Wildman–Crippen MR) is 99.9 cm³/mol. The second kappa shape index (κ2) is 8.11. The molecule has 134 valence electrons. The van der Waals surface area contributed by atoms with Gasteiger partial charge in [-0.25, -0.2) is 4.79 Å². The molecule has 0 fully saturated rings. The Labute approximate surface area is 156 Å². The van der Waals surface area contributed by atoms with Crippen LogP contribution >= 0.6 is 0 Å². The second-order valence-electron chi connectivity index (χ2n) is 5.94. The zero-order valence-electron chi connectivity index (χ0n) is 14.7. The Kier molecular flexibility index (Phi) is 5.43. The molecule has 1 heterocycles. The lowest BCUT2D eigenvalue weighted by atomic mass is 10.0. The van der Waals surface area contributed by atoms with Crippen LogP contribution in [-0.4, -0.2) is 30.0 Å². The molecule has 0 saturated heterocycles. The lowest BCUT2D eigenvalue weighted by Gasteiger charge is -2.17. The number of ether oxygens (including phenoxy) is 1. The second-order valence-corrected chi connectivity index (χ2v) is 5.94. The van der Waals surface area contributed by atoms with Crippen LogP contribution in [0, 0.1) is 11.3 Å². The highest BCUT2D eigenvalue weighted by Crippen LogP contribution is 2.16. The standard InChI is InChI=1S/C21H17N3O3/c1-27-21(26)19(12-14-6-8-15(13-22)9-7-14)24-20(25)17-10-11-23-18-5-3-2-4-16(17)18/h2-11,19H,12H2,1H3,(H,24,25)/t19-/m1/s1. The van der Waals surface area contributed by atoms with Gasteiger partial charge in [-0.3, -0.25) is 9.78 Å². The van der Waals surface area contributed by atoms with Gasteiger partial charge in [-0.05, 0) is 29.8 Å². The largest absolute Gasteiger partial charge is 0.467 e. The maximum atomic E-state index is 12.8. The van der Waals surface area contributed by atoms with Crippen molar-refractivity contribution in [3.8, 4) is 6.07 Å². The Morgan fingerprint density at radius 3 is 2.59 bits per heavy atom. The summed E-state index contributed by atoms with van der Waals surface area (Å²) in [6.45, 7) is 0. The van der Waals surface area contributed by atoms with Crippen LogP contribution < -0.4 is 5.32 Å². The topological polar surface area (TPSA) is 92.1 Å². The number of amides is 1. The maximum absolute atomic E-state index is 12.8. The number of hydrogen-bond acceptors (Lipinski definition) is 5. The lowest BCUT2D eigenvalue weighted by Crippen LogP contribution is -2.43. The smallest absolute Gasteiger partial charge is 0.328 e. The van der Waals surface area contributed by atoms with E-state index >= 15 is 0 Å². The highest BCUT2D eigenvalue weighted by molar-refractivity contribution is 6.07. The van der Waals surface area contributed by atoms with Crippen molar-refractivity contribution in [1.82, 2.24) is 10.3 Å². The number of carbonyl (C=O) groups is 2. The molecule has 0 spiro atoms. The summed E-state index contributed by atoms with van der Waals surface area (Å²) in [5, 5.41) is 12.3. The molecule has 0 aliphatic carbocycles. The van der Waals surface area contributed by atoms with E-state index < -0.39 is 12.0 Å². The average Bonchev–Trinajstić information content (AvgIpc) is 2.72. The van der Waals surface area contributed by atoms with Crippen LogP contribution in [0.1, 0.15) is 21.5 Å². The molecule has 1 atom stereocenters. The van der Waals surface area contributed by atoms with E-state index in [1.807, 2.05) is 30.3 Å². The zero-order chi connectivity index (χ0) is 19.2. The van der Waals surface area contributed by atoms with E-state index in [2.05, 4.69) is 10.3 Å². The summed E-state index contributed by atoms with van der Waals surface area (Å²) >= 11 is 0. The molecule has 3 rings (SSSR count). The molecule has 0 bridgehead atoms. The number of benzene rings is 2. The number of nitrogens with one attached hydrogen (secondary N) is 1. The molecule has 6 nitrogen and oxygen atoms in total. The first-order chi connectivity index (χ1) is 13.1. The van der Waals surface area contributed by atoms with Crippen LogP contribution in [0.2, 0.25) is 0 Å². The Bertz CT molecular complexity index is 1020. The number of methoxy groups -OCH3 is 1. The van der Waals surface area contributed by atoms with Gasteiger partial charge in [-0.2, -0.15) is 5.26 Å². The van der Waals surface area contributed by atoms with Crippen LogP contribution in [0.25, 0.3) is 10.9 Å². The molecule has 1 N–H and O–H groups in total. The van der Waals surface area contributed by atoms with Gasteiger partial charge in [0.15, 0.2) is 0 Å². The van der Waals surface area contributed by atoms with Gasteiger partial charge < -0.3 is 10.1 Å². The number of hydrogen-bond donors (Lipinski definition) is 1. The van der Waals surface area contributed by atoms with Crippen molar-refractivity contribution >= 4 is 22.8 Å². The van der Waals surface area contributed by atoms with E-state index in [-0.39, 0.29) is 12.3 Å². The fourth-order valence-corrected chi connectivity index (χ4v) is 2.82. The van der Waals surface area contributed by atoms with Crippen molar-refractivity contribution < 1.29 is 14.3 Å². The molecule has 0 aliphatic rings. The van der Waals surface area contributed by atoms with E-state index in [1.165, 1.54) is 7.11 Å². The van der Waals surface area contributed by atoms with Crippen molar-refractivity contribution in [2.75, 3.05) is 7.11 Å². The normalized spacial score (nSPS) is 11.4. The number of nitrogens with zero attached hydrogens (tertiary/aromatic N) is 2. The average molecular weight is 359 g/mol. The minimum absolute atomic E-state index is 0.257. The number of fused-ring (bicyclic) bond motifs is 1. The molecular weight excluding hydrogens is 342 g/mol. The molecule has 27 heavy (non-hydrogen) atoms. The minimum Gasteiger partial charge on any atom is -0.467 e. The van der Waals surface area contributed by atoms with Gasteiger partial charge in [0.05, 0.1) is 29.8 Å². The van der Waals surface area contributed by atoms with Crippen molar-refractivity contribution in [3.63, 3.8) is 0 Å². The molecule has 3 aromatic rings. The minimum atomic E-state index is -0.845. The first-order valence-corrected chi connectivity index (χ1v) is 8.34. The first-order valence-electron chi connectivity index (χ1n) is 8.34. The summed E-state index contributed by atoms with van der Waals surface area (Å²) in [6.07, 6.45) is 1.82. The third kappa shape index (κ3) is 4.10. The molecule has 6 heteroatoms. The van der Waals surface area contributed by atoms with E-state index in [0.29, 0.717) is 22.0 Å². The van der Waals surface area contributed by atoms with Crippen molar-refractivity contribution in [2.24, 2.45) is 0 Å². The van der Waals surface area contributed by atoms with Gasteiger partial charge in [0.1, 0.15) is 6.04 Å². The third-order valence-electron chi connectivity index (χ3n) is 4.21. The highest BCUT2D eigenvalue weighted by Gasteiger charge is 2.23.